The molecule has 0 aliphatic rings. The molecule has 2 aromatic carbocycles. The monoisotopic (exact) mass is 334 g/mol. The number of halogens is 1. The second kappa shape index (κ2) is 5.98. The van der Waals surface area contributed by atoms with Crippen LogP contribution in [0.4, 0.5) is 11.5 Å². The van der Waals surface area contributed by atoms with Gasteiger partial charge < -0.3 is 5.32 Å². The summed E-state index contributed by atoms with van der Waals surface area (Å²) in [5.41, 5.74) is 5.04. The van der Waals surface area contributed by atoms with Crippen LogP contribution in [0.25, 0.3) is 16.8 Å². The van der Waals surface area contributed by atoms with Gasteiger partial charge in [-0.1, -0.05) is 47.5 Å². The molecule has 2 heterocycles. The fourth-order valence-electron chi connectivity index (χ4n) is 2.67. The number of nitrogens with one attached hydrogen (secondary N) is 1. The number of nitrogens with zero attached hydrogens (tertiary/aromatic N) is 3. The Labute approximate surface area is 144 Å². The van der Waals surface area contributed by atoms with E-state index in [1.807, 2.05) is 48.8 Å². The number of hydrogen-bond donors (Lipinski definition) is 1. The number of benzene rings is 2. The zero-order valence-corrected chi connectivity index (χ0v) is 13.8. The molecular weight excluding hydrogens is 320 g/mol. The first kappa shape index (κ1) is 14.7. The summed E-state index contributed by atoms with van der Waals surface area (Å²) in [5, 5.41) is 8.36. The quantitative estimate of drug-likeness (QED) is 0.566. The first-order valence-electron chi connectivity index (χ1n) is 7.63. The van der Waals surface area contributed by atoms with Gasteiger partial charge in [0, 0.05) is 22.5 Å². The van der Waals surface area contributed by atoms with Crippen LogP contribution < -0.4 is 5.32 Å². The standard InChI is InChI=1S/C19H15ClN4/c1-13-4-2-5-14(10-13)17-12-21-24-9-8-18(23-19(17)24)22-16-7-3-6-15(20)11-16/h2-12H,1H3,(H,22,23). The van der Waals surface area contributed by atoms with Crippen molar-refractivity contribution >= 4 is 28.8 Å². The molecule has 0 saturated carbocycles. The number of hydrogen-bond acceptors (Lipinski definition) is 3. The Hall–Kier alpha value is -2.85. The maximum absolute atomic E-state index is 6.03. The molecule has 2 aromatic heterocycles. The van der Waals surface area contributed by atoms with E-state index in [2.05, 4.69) is 35.5 Å². The highest BCUT2D eigenvalue weighted by molar-refractivity contribution is 6.30. The molecule has 0 bridgehead atoms. The number of rotatable bonds is 3. The number of aryl methyl sites for hydroxylation is 1. The van der Waals surface area contributed by atoms with Gasteiger partial charge in [0.2, 0.25) is 0 Å². The van der Waals surface area contributed by atoms with E-state index in [4.69, 9.17) is 16.6 Å². The first-order chi connectivity index (χ1) is 11.7. The largest absolute Gasteiger partial charge is 0.340 e. The summed E-state index contributed by atoms with van der Waals surface area (Å²) in [5.74, 6) is 0.749. The van der Waals surface area contributed by atoms with Crippen LogP contribution >= 0.6 is 11.6 Å². The van der Waals surface area contributed by atoms with E-state index in [-0.39, 0.29) is 0 Å². The van der Waals surface area contributed by atoms with Crippen LogP contribution in [-0.2, 0) is 0 Å². The molecular formula is C19H15ClN4. The van der Waals surface area contributed by atoms with Crippen molar-refractivity contribution in [3.63, 3.8) is 0 Å². The maximum atomic E-state index is 6.03. The van der Waals surface area contributed by atoms with Gasteiger partial charge in [0.05, 0.1) is 6.20 Å². The third kappa shape index (κ3) is 2.84. The van der Waals surface area contributed by atoms with Gasteiger partial charge in [-0.05, 0) is 36.8 Å². The van der Waals surface area contributed by atoms with E-state index in [0.29, 0.717) is 5.02 Å². The molecule has 0 fully saturated rings. The Balaban J connectivity index is 1.76. The van der Waals surface area contributed by atoms with E-state index in [1.165, 1.54) is 5.56 Å². The van der Waals surface area contributed by atoms with Crippen molar-refractivity contribution < 1.29 is 0 Å². The molecule has 0 radical (unpaired) electrons. The Morgan fingerprint density at radius 1 is 1.04 bits per heavy atom. The van der Waals surface area contributed by atoms with Crippen molar-refractivity contribution in [2.75, 3.05) is 5.32 Å². The molecule has 0 saturated heterocycles. The molecule has 118 valence electrons. The number of aromatic nitrogens is 3. The van der Waals surface area contributed by atoms with E-state index in [9.17, 15) is 0 Å². The van der Waals surface area contributed by atoms with Gasteiger partial charge in [0.25, 0.3) is 0 Å². The average Bonchev–Trinajstić information content (AvgIpc) is 2.98. The Morgan fingerprint density at radius 3 is 2.75 bits per heavy atom. The highest BCUT2D eigenvalue weighted by atomic mass is 35.5. The lowest BCUT2D eigenvalue weighted by atomic mass is 10.1. The molecule has 0 atom stereocenters. The predicted molar refractivity (Wildman–Crippen MR) is 97.9 cm³/mol. The minimum atomic E-state index is 0.686. The summed E-state index contributed by atoms with van der Waals surface area (Å²) in [6.07, 6.45) is 3.74. The van der Waals surface area contributed by atoms with Gasteiger partial charge in [-0.2, -0.15) is 5.10 Å². The van der Waals surface area contributed by atoms with Crippen molar-refractivity contribution in [2.45, 2.75) is 6.92 Å². The van der Waals surface area contributed by atoms with Crippen LogP contribution in [0.3, 0.4) is 0 Å². The van der Waals surface area contributed by atoms with Crippen LogP contribution in [0.5, 0.6) is 0 Å². The normalized spacial score (nSPS) is 10.9. The van der Waals surface area contributed by atoms with Gasteiger partial charge in [-0.3, -0.25) is 0 Å². The topological polar surface area (TPSA) is 42.2 Å². The van der Waals surface area contributed by atoms with Crippen LogP contribution in [0, 0.1) is 6.92 Å². The van der Waals surface area contributed by atoms with Crippen molar-refractivity contribution in [1.29, 1.82) is 0 Å². The van der Waals surface area contributed by atoms with Gasteiger partial charge in [-0.25, -0.2) is 9.50 Å². The minimum Gasteiger partial charge on any atom is -0.340 e. The summed E-state index contributed by atoms with van der Waals surface area (Å²) < 4.78 is 1.78. The van der Waals surface area contributed by atoms with Crippen LogP contribution in [-0.4, -0.2) is 14.6 Å². The third-order valence-electron chi connectivity index (χ3n) is 3.80. The molecule has 0 aliphatic heterocycles. The van der Waals surface area contributed by atoms with Crippen molar-refractivity contribution in [2.24, 2.45) is 0 Å². The van der Waals surface area contributed by atoms with Gasteiger partial charge in [-0.15, -0.1) is 0 Å². The van der Waals surface area contributed by atoms with Crippen LogP contribution in [0.1, 0.15) is 5.56 Å². The second-order valence-corrected chi connectivity index (χ2v) is 6.08. The van der Waals surface area contributed by atoms with Crippen LogP contribution in [0.15, 0.2) is 67.0 Å². The SMILES string of the molecule is Cc1cccc(-c2cnn3ccc(Nc4cccc(Cl)c4)nc23)c1. The molecule has 0 spiro atoms. The van der Waals surface area contributed by atoms with E-state index in [1.54, 1.807) is 4.52 Å². The summed E-state index contributed by atoms with van der Waals surface area (Å²) >= 11 is 6.03. The molecule has 0 unspecified atom stereocenters. The minimum absolute atomic E-state index is 0.686. The van der Waals surface area contributed by atoms with E-state index in [0.717, 1.165) is 28.3 Å². The molecule has 0 amide bonds. The fourth-order valence-corrected chi connectivity index (χ4v) is 2.86. The Bertz CT molecular complexity index is 1020. The molecule has 1 N–H and O–H groups in total. The summed E-state index contributed by atoms with van der Waals surface area (Å²) in [4.78, 5) is 4.71. The molecule has 0 aliphatic carbocycles. The van der Waals surface area contributed by atoms with Crippen LogP contribution in [0.2, 0.25) is 5.02 Å². The van der Waals surface area contributed by atoms with E-state index >= 15 is 0 Å². The van der Waals surface area contributed by atoms with Crippen molar-refractivity contribution in [3.05, 3.63) is 77.6 Å². The molecule has 24 heavy (non-hydrogen) atoms. The van der Waals surface area contributed by atoms with E-state index < -0.39 is 0 Å². The number of anilines is 2. The molecule has 4 aromatic rings. The Morgan fingerprint density at radius 2 is 1.92 bits per heavy atom. The lowest BCUT2D eigenvalue weighted by Crippen LogP contribution is -1.97. The molecule has 4 rings (SSSR count). The van der Waals surface area contributed by atoms with Gasteiger partial charge >= 0.3 is 0 Å². The van der Waals surface area contributed by atoms with Crippen molar-refractivity contribution in [3.8, 4) is 11.1 Å². The summed E-state index contributed by atoms with van der Waals surface area (Å²) in [6, 6.07) is 17.8. The number of fused-ring (bicyclic) bond motifs is 1. The Kier molecular flexibility index (Phi) is 3.67. The molecule has 5 heteroatoms. The molecule has 4 nitrogen and oxygen atoms in total. The lowest BCUT2D eigenvalue weighted by Gasteiger charge is -2.07. The van der Waals surface area contributed by atoms with Gasteiger partial charge in [0.1, 0.15) is 5.82 Å². The first-order valence-corrected chi connectivity index (χ1v) is 8.01. The smallest absolute Gasteiger partial charge is 0.165 e. The fraction of sp³-hybridized carbons (Fsp3) is 0.0526. The summed E-state index contributed by atoms with van der Waals surface area (Å²) in [7, 11) is 0. The lowest BCUT2D eigenvalue weighted by molar-refractivity contribution is 0.941. The zero-order valence-electron chi connectivity index (χ0n) is 13.1. The highest BCUT2D eigenvalue weighted by Crippen LogP contribution is 2.26. The zero-order chi connectivity index (χ0) is 16.5. The van der Waals surface area contributed by atoms with Gasteiger partial charge in [0.15, 0.2) is 5.65 Å². The predicted octanol–water partition coefficient (Wildman–Crippen LogP) is 5.10. The summed E-state index contributed by atoms with van der Waals surface area (Å²) in [6.45, 7) is 2.08. The third-order valence-corrected chi connectivity index (χ3v) is 4.03. The van der Waals surface area contributed by atoms with Crippen molar-refractivity contribution in [1.82, 2.24) is 14.6 Å². The maximum Gasteiger partial charge on any atom is 0.165 e. The average molecular weight is 335 g/mol. The highest BCUT2D eigenvalue weighted by Gasteiger charge is 2.09. The second-order valence-electron chi connectivity index (χ2n) is 5.64.